The van der Waals surface area contributed by atoms with Gasteiger partial charge in [-0.25, -0.2) is 0 Å². The summed E-state index contributed by atoms with van der Waals surface area (Å²) < 4.78 is 27.3. The van der Waals surface area contributed by atoms with Crippen LogP contribution < -0.4 is 4.90 Å². The van der Waals surface area contributed by atoms with E-state index >= 15 is 0 Å². The minimum atomic E-state index is -3.73. The zero-order valence-corrected chi connectivity index (χ0v) is 17.9. The molecule has 0 bridgehead atoms. The molecule has 0 atom stereocenters. The van der Waals surface area contributed by atoms with Crippen LogP contribution in [0.15, 0.2) is 90.0 Å². The molecule has 1 saturated heterocycles. The van der Waals surface area contributed by atoms with Gasteiger partial charge in [-0.15, -0.1) is 0 Å². The molecule has 2 heterocycles. The average Bonchev–Trinajstić information content (AvgIpc) is 3.26. The van der Waals surface area contributed by atoms with Crippen molar-refractivity contribution in [2.24, 2.45) is 0 Å². The minimum Gasteiger partial charge on any atom is -0.368 e. The summed E-state index contributed by atoms with van der Waals surface area (Å²) in [5.41, 5.74) is 2.96. The van der Waals surface area contributed by atoms with Crippen molar-refractivity contribution in [3.8, 4) is 0 Å². The predicted molar refractivity (Wildman–Crippen MR) is 123 cm³/mol. The molecule has 0 amide bonds. The van der Waals surface area contributed by atoms with E-state index in [1.165, 1.54) is 5.56 Å². The molecule has 5 rings (SSSR count). The maximum absolute atomic E-state index is 13.1. The van der Waals surface area contributed by atoms with Gasteiger partial charge in [0.1, 0.15) is 0 Å². The Morgan fingerprint density at radius 3 is 2.16 bits per heavy atom. The Kier molecular flexibility index (Phi) is 5.21. The van der Waals surface area contributed by atoms with Gasteiger partial charge in [-0.3, -0.25) is 4.90 Å². The van der Waals surface area contributed by atoms with Crippen molar-refractivity contribution in [1.82, 2.24) is 14.1 Å². The van der Waals surface area contributed by atoms with Gasteiger partial charge in [0.25, 0.3) is 10.0 Å². The van der Waals surface area contributed by atoms with Crippen LogP contribution in [0.4, 0.5) is 5.69 Å². The van der Waals surface area contributed by atoms with Gasteiger partial charge in [0.2, 0.25) is 0 Å². The van der Waals surface area contributed by atoms with Crippen molar-refractivity contribution in [1.29, 1.82) is 0 Å². The van der Waals surface area contributed by atoms with Crippen molar-refractivity contribution in [2.45, 2.75) is 11.4 Å². The van der Waals surface area contributed by atoms with Crippen LogP contribution in [-0.2, 0) is 16.6 Å². The summed E-state index contributed by atoms with van der Waals surface area (Å²) in [5, 5.41) is 5.12. The average molecular weight is 433 g/mol. The Labute approximate surface area is 182 Å². The summed E-state index contributed by atoms with van der Waals surface area (Å²) in [6.45, 7) is 4.65. The number of anilines is 1. The molecule has 1 aromatic heterocycles. The number of benzene rings is 3. The molecule has 1 aliphatic heterocycles. The minimum absolute atomic E-state index is 0.236. The van der Waals surface area contributed by atoms with Crippen molar-refractivity contribution in [3.05, 3.63) is 90.6 Å². The lowest BCUT2D eigenvalue weighted by Gasteiger charge is -2.36. The van der Waals surface area contributed by atoms with E-state index < -0.39 is 10.0 Å². The third kappa shape index (κ3) is 3.82. The van der Waals surface area contributed by atoms with E-state index in [9.17, 15) is 8.42 Å². The molecule has 0 radical (unpaired) electrons. The Hall–Kier alpha value is -3.16. The molecular formula is C24H24N4O2S. The lowest BCUT2D eigenvalue weighted by atomic mass is 10.1. The van der Waals surface area contributed by atoms with Crippen molar-refractivity contribution in [3.63, 3.8) is 0 Å². The molecule has 0 unspecified atom stereocenters. The normalized spacial score (nSPS) is 15.4. The quantitative estimate of drug-likeness (QED) is 0.482. The Morgan fingerprint density at radius 1 is 0.774 bits per heavy atom. The highest BCUT2D eigenvalue weighted by Gasteiger charge is 2.23. The smallest absolute Gasteiger partial charge is 0.283 e. The van der Waals surface area contributed by atoms with Crippen molar-refractivity contribution >= 4 is 26.6 Å². The number of nitrogens with zero attached hydrogens (tertiary/aromatic N) is 4. The molecule has 7 heteroatoms. The highest BCUT2D eigenvalue weighted by molar-refractivity contribution is 7.90. The molecule has 6 nitrogen and oxygen atoms in total. The van der Waals surface area contributed by atoms with Gasteiger partial charge in [-0.2, -0.15) is 17.6 Å². The summed E-state index contributed by atoms with van der Waals surface area (Å²) >= 11 is 0. The van der Waals surface area contributed by atoms with E-state index in [-0.39, 0.29) is 4.90 Å². The maximum atomic E-state index is 13.1. The zero-order chi connectivity index (χ0) is 21.3. The van der Waals surface area contributed by atoms with Crippen LogP contribution in [0.3, 0.4) is 0 Å². The van der Waals surface area contributed by atoms with Crippen LogP contribution in [-0.4, -0.2) is 48.7 Å². The van der Waals surface area contributed by atoms with Crippen LogP contribution in [0.25, 0.3) is 10.9 Å². The number of hydrogen-bond acceptors (Lipinski definition) is 5. The summed E-state index contributed by atoms with van der Waals surface area (Å²) in [7, 11) is -3.73. The summed E-state index contributed by atoms with van der Waals surface area (Å²) in [5.74, 6) is 0. The van der Waals surface area contributed by atoms with Crippen molar-refractivity contribution in [2.75, 3.05) is 31.1 Å². The largest absolute Gasteiger partial charge is 0.368 e. The van der Waals surface area contributed by atoms with E-state index in [2.05, 4.69) is 45.2 Å². The third-order valence-corrected chi connectivity index (χ3v) is 7.40. The van der Waals surface area contributed by atoms with Crippen LogP contribution in [0.1, 0.15) is 5.56 Å². The van der Waals surface area contributed by atoms with Gasteiger partial charge in [0, 0.05) is 43.8 Å². The maximum Gasteiger partial charge on any atom is 0.283 e. The predicted octanol–water partition coefficient (Wildman–Crippen LogP) is 3.60. The third-order valence-electron chi connectivity index (χ3n) is 5.79. The Morgan fingerprint density at radius 2 is 1.45 bits per heavy atom. The molecule has 0 spiro atoms. The van der Waals surface area contributed by atoms with Crippen LogP contribution in [0.5, 0.6) is 0 Å². The molecule has 3 aromatic carbocycles. The fraction of sp³-hybridized carbons (Fsp3) is 0.208. The topological polar surface area (TPSA) is 58.4 Å². The van der Waals surface area contributed by atoms with Crippen LogP contribution in [0, 0.1) is 0 Å². The van der Waals surface area contributed by atoms with Gasteiger partial charge in [0.05, 0.1) is 16.6 Å². The van der Waals surface area contributed by atoms with E-state index in [1.807, 2.05) is 18.2 Å². The number of piperazine rings is 1. The molecule has 1 aliphatic rings. The van der Waals surface area contributed by atoms with Gasteiger partial charge < -0.3 is 4.90 Å². The van der Waals surface area contributed by atoms with Crippen LogP contribution >= 0.6 is 0 Å². The van der Waals surface area contributed by atoms with Crippen LogP contribution in [0.2, 0.25) is 0 Å². The second-order valence-corrected chi connectivity index (χ2v) is 9.53. The molecule has 4 aromatic rings. The fourth-order valence-electron chi connectivity index (χ4n) is 4.16. The fourth-order valence-corrected chi connectivity index (χ4v) is 5.45. The highest BCUT2D eigenvalue weighted by atomic mass is 32.2. The lowest BCUT2D eigenvalue weighted by molar-refractivity contribution is 0.250. The summed E-state index contributed by atoms with van der Waals surface area (Å²) in [6, 6.07) is 24.7. The second-order valence-electron chi connectivity index (χ2n) is 7.76. The number of rotatable bonds is 5. The first-order valence-electron chi connectivity index (χ1n) is 10.4. The standard InChI is InChI=1S/C24H24N4O2S/c29-31(30,21-10-5-2-6-11-21)28-24-13-7-12-23(22(24)18-25-28)27-16-14-26(15-17-27)19-20-8-3-1-4-9-20/h1-13,18H,14-17,19H2. The first-order valence-corrected chi connectivity index (χ1v) is 11.9. The van der Waals surface area contributed by atoms with E-state index in [0.29, 0.717) is 5.52 Å². The zero-order valence-electron chi connectivity index (χ0n) is 17.1. The SMILES string of the molecule is O=S(=O)(c1ccccc1)n1ncc2c(N3CCN(Cc4ccccc4)CC3)cccc21. The molecule has 1 fully saturated rings. The summed E-state index contributed by atoms with van der Waals surface area (Å²) in [4.78, 5) is 5.01. The van der Waals surface area contributed by atoms with E-state index in [1.54, 1.807) is 36.5 Å². The van der Waals surface area contributed by atoms with Gasteiger partial charge in [-0.05, 0) is 29.8 Å². The van der Waals surface area contributed by atoms with Crippen molar-refractivity contribution < 1.29 is 8.42 Å². The van der Waals surface area contributed by atoms with E-state index in [4.69, 9.17) is 0 Å². The first-order chi connectivity index (χ1) is 15.1. The highest BCUT2D eigenvalue weighted by Crippen LogP contribution is 2.29. The second kappa shape index (κ2) is 8.17. The summed E-state index contributed by atoms with van der Waals surface area (Å²) in [6.07, 6.45) is 1.67. The van der Waals surface area contributed by atoms with Gasteiger partial charge >= 0.3 is 0 Å². The number of hydrogen-bond donors (Lipinski definition) is 0. The molecule has 0 N–H and O–H groups in total. The molecule has 0 aliphatic carbocycles. The number of aromatic nitrogens is 2. The first kappa shape index (κ1) is 19.8. The lowest BCUT2D eigenvalue weighted by Crippen LogP contribution is -2.46. The molecule has 0 saturated carbocycles. The monoisotopic (exact) mass is 432 g/mol. The van der Waals surface area contributed by atoms with Gasteiger partial charge in [-0.1, -0.05) is 54.6 Å². The number of fused-ring (bicyclic) bond motifs is 1. The molecule has 158 valence electrons. The van der Waals surface area contributed by atoms with Gasteiger partial charge in [0.15, 0.2) is 0 Å². The molecule has 31 heavy (non-hydrogen) atoms. The van der Waals surface area contributed by atoms with E-state index in [0.717, 1.165) is 47.9 Å². The Balaban J connectivity index is 1.39. The molecular weight excluding hydrogens is 408 g/mol. The Bertz CT molecular complexity index is 1280.